The number of allylic oxidation sites excluding steroid dienone is 1. The van der Waals surface area contributed by atoms with E-state index >= 15 is 0 Å². The molecule has 1 heterocycles. The fourth-order valence-electron chi connectivity index (χ4n) is 2.58. The third-order valence-electron chi connectivity index (χ3n) is 4.84. The molecule has 0 saturated carbocycles. The van der Waals surface area contributed by atoms with Crippen molar-refractivity contribution < 1.29 is 79.7 Å². The third kappa shape index (κ3) is 4.70. The van der Waals surface area contributed by atoms with E-state index in [9.17, 15) is 79.7 Å². The van der Waals surface area contributed by atoms with Crippen LogP contribution in [0.25, 0.3) is 0 Å². The normalized spacial score (nSPS) is 21.4. The van der Waals surface area contributed by atoms with Crippen LogP contribution in [0, 0.1) is 0 Å². The molecule has 0 bridgehead atoms. The highest BCUT2D eigenvalue weighted by Crippen LogP contribution is 2.64. The Labute approximate surface area is 199 Å². The van der Waals surface area contributed by atoms with E-state index in [0.717, 1.165) is 5.32 Å². The molecule has 0 fully saturated rings. The van der Waals surface area contributed by atoms with Gasteiger partial charge in [-0.1, -0.05) is 17.8 Å². The molecule has 218 valence electrons. The quantitative estimate of drug-likeness (QED) is 0.174. The Morgan fingerprint density at radius 1 is 0.757 bits per heavy atom. The Bertz CT molecular complexity index is 885. The van der Waals surface area contributed by atoms with E-state index in [1.165, 1.54) is 6.08 Å². The summed E-state index contributed by atoms with van der Waals surface area (Å²) in [5.41, 5.74) is -4.71. The Morgan fingerprint density at radius 3 is 1.57 bits per heavy atom. The lowest BCUT2D eigenvalue weighted by molar-refractivity contribution is -0.467. The highest BCUT2D eigenvalue weighted by atomic mass is 32.2. The van der Waals surface area contributed by atoms with Crippen LogP contribution in [0.3, 0.4) is 0 Å². The zero-order chi connectivity index (χ0) is 29.7. The maximum atomic E-state index is 14.5. The number of nitrogens with one attached hydrogen (secondary N) is 1. The Kier molecular flexibility index (Phi) is 8.57. The predicted molar refractivity (Wildman–Crippen MR) is 93.0 cm³/mol. The molecule has 0 aromatic heterocycles. The van der Waals surface area contributed by atoms with Gasteiger partial charge < -0.3 is 10.4 Å². The minimum atomic E-state index is -8.72. The van der Waals surface area contributed by atoms with Gasteiger partial charge in [0.2, 0.25) is 5.72 Å². The summed E-state index contributed by atoms with van der Waals surface area (Å²) in [6, 6.07) is 0. The molecule has 1 rings (SSSR count). The summed E-state index contributed by atoms with van der Waals surface area (Å²) in [6.07, 6.45) is -8.32. The fraction of sp³-hybridized carbons (Fsp3) is 0.812. The highest BCUT2D eigenvalue weighted by Gasteiger charge is 2.96. The molecular formula is C16H13F17N2OS. The first-order valence-corrected chi connectivity index (χ1v) is 10.1. The second-order valence-corrected chi connectivity index (χ2v) is 8.45. The van der Waals surface area contributed by atoms with Crippen molar-refractivity contribution in [2.45, 2.75) is 66.2 Å². The first-order chi connectivity index (χ1) is 16.1. The van der Waals surface area contributed by atoms with Crippen LogP contribution >= 0.6 is 11.8 Å². The molecule has 0 aromatic rings. The molecule has 1 atom stereocenters. The number of halogens is 17. The molecule has 0 saturated heterocycles. The summed E-state index contributed by atoms with van der Waals surface area (Å²) in [7, 11) is 0. The number of thioether (sulfide) groups is 1. The molecule has 0 aliphatic carbocycles. The van der Waals surface area contributed by atoms with Gasteiger partial charge in [0.15, 0.2) is 5.17 Å². The molecular weight excluding hydrogens is 591 g/mol. The minimum Gasteiger partial charge on any atom is -0.366 e. The van der Waals surface area contributed by atoms with Crippen molar-refractivity contribution in [3.8, 4) is 0 Å². The van der Waals surface area contributed by atoms with Gasteiger partial charge in [-0.25, -0.2) is 0 Å². The number of nitrogens with zero attached hydrogens (tertiary/aromatic N) is 1. The summed E-state index contributed by atoms with van der Waals surface area (Å²) in [6.45, 7) is 2.14. The van der Waals surface area contributed by atoms with Crippen LogP contribution in [0.4, 0.5) is 74.6 Å². The number of hydrogen-bond acceptors (Lipinski definition) is 4. The molecule has 37 heavy (non-hydrogen) atoms. The number of amidine groups is 1. The molecule has 21 heteroatoms. The SMILES string of the molecule is C=CCCSC1=NCCC(O)(C(F)(F)C(F)(F)C(F)(F)C(F)(F)C(F)(F)C(F)(F)C(F)(F)C(F)(F)F)N1. The van der Waals surface area contributed by atoms with Crippen molar-refractivity contribution in [1.29, 1.82) is 0 Å². The van der Waals surface area contributed by atoms with E-state index in [1.54, 1.807) is 0 Å². The minimum absolute atomic E-state index is 0.0759. The Morgan fingerprint density at radius 2 is 1.16 bits per heavy atom. The van der Waals surface area contributed by atoms with Crippen molar-refractivity contribution in [1.82, 2.24) is 5.32 Å². The Balaban J connectivity index is 3.58. The smallest absolute Gasteiger partial charge is 0.366 e. The summed E-state index contributed by atoms with van der Waals surface area (Å²) in [5, 5.41) is 10.1. The van der Waals surface area contributed by atoms with Gasteiger partial charge in [-0.15, -0.1) is 6.58 Å². The molecule has 0 aromatic carbocycles. The highest BCUT2D eigenvalue weighted by molar-refractivity contribution is 8.13. The second kappa shape index (κ2) is 9.51. The van der Waals surface area contributed by atoms with Crippen LogP contribution in [-0.2, 0) is 0 Å². The molecule has 0 radical (unpaired) electrons. The lowest BCUT2D eigenvalue weighted by atomic mass is 9.85. The average molecular weight is 604 g/mol. The van der Waals surface area contributed by atoms with Gasteiger partial charge in [0.1, 0.15) is 0 Å². The molecule has 3 nitrogen and oxygen atoms in total. The number of rotatable bonds is 10. The summed E-state index contributed by atoms with van der Waals surface area (Å²) in [4.78, 5) is 3.38. The van der Waals surface area contributed by atoms with Gasteiger partial charge in [-0.05, 0) is 6.42 Å². The lowest BCUT2D eigenvalue weighted by Gasteiger charge is -2.47. The van der Waals surface area contributed by atoms with Crippen LogP contribution < -0.4 is 5.32 Å². The number of hydrogen-bond donors (Lipinski definition) is 2. The standard InChI is InChI=1S/C16H13F17N2OS/c1-2-3-6-37-7-34-5-4-8(36,35-7)9(17,18)10(19,20)11(21,22)12(23,24)13(25,26)14(27,28)15(29,30)16(31,32)33/h2,36H,1,3-6H2,(H,34,35). The van der Waals surface area contributed by atoms with Crippen molar-refractivity contribution >= 4 is 16.9 Å². The zero-order valence-electron chi connectivity index (χ0n) is 17.3. The topological polar surface area (TPSA) is 44.6 Å². The van der Waals surface area contributed by atoms with E-state index in [-0.39, 0.29) is 12.2 Å². The fourth-order valence-corrected chi connectivity index (χ4v) is 3.48. The van der Waals surface area contributed by atoms with Crippen LogP contribution in [0.2, 0.25) is 0 Å². The van der Waals surface area contributed by atoms with Gasteiger partial charge in [-0.3, -0.25) is 4.99 Å². The number of alkyl halides is 17. The maximum absolute atomic E-state index is 14.5. The number of aliphatic imine (C=N–C) groups is 1. The third-order valence-corrected chi connectivity index (χ3v) is 5.79. The molecule has 2 N–H and O–H groups in total. The van der Waals surface area contributed by atoms with Crippen molar-refractivity contribution in [3.05, 3.63) is 12.7 Å². The monoisotopic (exact) mass is 604 g/mol. The van der Waals surface area contributed by atoms with Crippen LogP contribution in [0.5, 0.6) is 0 Å². The number of aliphatic hydroxyl groups is 1. The van der Waals surface area contributed by atoms with Gasteiger partial charge in [0.25, 0.3) is 0 Å². The van der Waals surface area contributed by atoms with Crippen molar-refractivity contribution in [2.75, 3.05) is 12.3 Å². The first-order valence-electron chi connectivity index (χ1n) is 9.14. The largest absolute Gasteiger partial charge is 0.460 e. The molecule has 0 amide bonds. The van der Waals surface area contributed by atoms with Gasteiger partial charge in [0, 0.05) is 18.7 Å². The summed E-state index contributed by atoms with van der Waals surface area (Å²) >= 11 is 0.361. The summed E-state index contributed by atoms with van der Waals surface area (Å²) < 4.78 is 228. The predicted octanol–water partition coefficient (Wildman–Crippen LogP) is 6.34. The van der Waals surface area contributed by atoms with E-state index in [1.807, 2.05) is 0 Å². The van der Waals surface area contributed by atoms with E-state index in [2.05, 4.69) is 11.6 Å². The lowest BCUT2D eigenvalue weighted by Crippen LogP contribution is -2.78. The molecule has 1 unspecified atom stereocenters. The first kappa shape index (κ1) is 33.4. The van der Waals surface area contributed by atoms with E-state index in [0.29, 0.717) is 11.8 Å². The van der Waals surface area contributed by atoms with E-state index < -0.39 is 71.5 Å². The van der Waals surface area contributed by atoms with Crippen molar-refractivity contribution in [2.24, 2.45) is 4.99 Å². The van der Waals surface area contributed by atoms with Crippen LogP contribution in [0.15, 0.2) is 17.6 Å². The summed E-state index contributed by atoms with van der Waals surface area (Å²) in [5.74, 6) is -57.8. The maximum Gasteiger partial charge on any atom is 0.460 e. The van der Waals surface area contributed by atoms with E-state index in [4.69, 9.17) is 0 Å². The van der Waals surface area contributed by atoms with Crippen LogP contribution in [-0.4, -0.2) is 75.9 Å². The van der Waals surface area contributed by atoms with Gasteiger partial charge in [0.05, 0.1) is 0 Å². The van der Waals surface area contributed by atoms with Gasteiger partial charge in [-0.2, -0.15) is 74.6 Å². The van der Waals surface area contributed by atoms with Gasteiger partial charge >= 0.3 is 47.6 Å². The molecule has 1 aliphatic rings. The molecule has 0 spiro atoms. The molecule has 1 aliphatic heterocycles. The average Bonchev–Trinajstić information content (AvgIpc) is 2.72. The Hall–Kier alpha value is -1.67. The second-order valence-electron chi connectivity index (χ2n) is 7.37. The zero-order valence-corrected chi connectivity index (χ0v) is 18.2. The van der Waals surface area contributed by atoms with Crippen LogP contribution in [0.1, 0.15) is 12.8 Å². The van der Waals surface area contributed by atoms with Crippen molar-refractivity contribution in [3.63, 3.8) is 0 Å².